The second-order valence-electron chi connectivity index (χ2n) is 6.15. The molecule has 0 aliphatic heterocycles. The Morgan fingerprint density at radius 1 is 1.28 bits per heavy atom. The van der Waals surface area contributed by atoms with Crippen molar-refractivity contribution in [2.24, 2.45) is 5.92 Å². The molecule has 2 aliphatic rings. The number of nitrogens with one attached hydrogen (secondary N) is 1. The third-order valence-corrected chi connectivity index (χ3v) is 5.54. The number of hydrogen-bond acceptors (Lipinski definition) is 3. The molecule has 2 aromatic rings. The molecule has 1 aromatic carbocycles. The molecule has 2 aliphatic carbocycles. The lowest BCUT2D eigenvalue weighted by Gasteiger charge is -2.18. The Kier molecular flexibility index (Phi) is 4.21. The number of aromatic nitrogens is 1. The molecule has 1 N–H and O–H groups in total. The molecular formula is C19H16F2N2OS. The van der Waals surface area contributed by atoms with Gasteiger partial charge in [0.05, 0.1) is 10.6 Å². The highest BCUT2D eigenvalue weighted by Gasteiger charge is 2.33. The van der Waals surface area contributed by atoms with Crippen molar-refractivity contribution in [2.45, 2.75) is 25.4 Å². The normalized spacial score (nSPS) is 21.8. The van der Waals surface area contributed by atoms with E-state index in [0.717, 1.165) is 41.5 Å². The highest BCUT2D eigenvalue weighted by molar-refractivity contribution is 7.19. The van der Waals surface area contributed by atoms with E-state index >= 15 is 0 Å². The quantitative estimate of drug-likeness (QED) is 0.851. The van der Waals surface area contributed by atoms with Crippen LogP contribution in [0.3, 0.4) is 0 Å². The molecule has 0 radical (unpaired) electrons. The van der Waals surface area contributed by atoms with Crippen LogP contribution in [0.5, 0.6) is 0 Å². The molecule has 1 heterocycles. The van der Waals surface area contributed by atoms with Crippen molar-refractivity contribution in [3.05, 3.63) is 59.6 Å². The minimum Gasteiger partial charge on any atom is -0.301 e. The number of carbonyl (C=O) groups excluding carboxylic acids is 1. The number of halogens is 2. The van der Waals surface area contributed by atoms with Gasteiger partial charge in [0.2, 0.25) is 5.91 Å². The summed E-state index contributed by atoms with van der Waals surface area (Å²) in [5.41, 5.74) is 3.32. The number of alkyl halides is 1. The van der Waals surface area contributed by atoms with Gasteiger partial charge in [-0.3, -0.25) is 4.79 Å². The summed E-state index contributed by atoms with van der Waals surface area (Å²) in [6.45, 7) is 0. The molecule has 2 atom stereocenters. The van der Waals surface area contributed by atoms with Gasteiger partial charge in [-0.15, -0.1) is 0 Å². The highest BCUT2D eigenvalue weighted by Crippen LogP contribution is 2.39. The zero-order valence-electron chi connectivity index (χ0n) is 13.3. The average Bonchev–Trinajstić information content (AvgIpc) is 2.89. The molecule has 0 saturated carbocycles. The molecule has 1 amide bonds. The van der Waals surface area contributed by atoms with Crippen LogP contribution < -0.4 is 5.32 Å². The lowest BCUT2D eigenvalue weighted by atomic mass is 9.97. The molecule has 4 rings (SSSR count). The number of rotatable bonds is 2. The summed E-state index contributed by atoms with van der Waals surface area (Å²) < 4.78 is 27.7. The number of fused-ring (bicyclic) bond motifs is 3. The van der Waals surface area contributed by atoms with E-state index in [1.165, 1.54) is 29.1 Å². The predicted molar refractivity (Wildman–Crippen MR) is 94.9 cm³/mol. The van der Waals surface area contributed by atoms with Crippen LogP contribution in [0.4, 0.5) is 13.9 Å². The maximum absolute atomic E-state index is 13.9. The van der Waals surface area contributed by atoms with Crippen LogP contribution in [-0.2, 0) is 17.6 Å². The van der Waals surface area contributed by atoms with Gasteiger partial charge < -0.3 is 5.32 Å². The van der Waals surface area contributed by atoms with E-state index in [1.54, 1.807) is 0 Å². The van der Waals surface area contributed by atoms with Crippen LogP contribution in [0.25, 0.3) is 10.4 Å². The molecule has 128 valence electrons. The minimum absolute atomic E-state index is 0.390. The van der Waals surface area contributed by atoms with Crippen molar-refractivity contribution >= 4 is 22.4 Å². The van der Waals surface area contributed by atoms with Gasteiger partial charge >= 0.3 is 0 Å². The van der Waals surface area contributed by atoms with Gasteiger partial charge in [-0.1, -0.05) is 41.7 Å². The maximum Gasteiger partial charge on any atom is 0.239 e. The number of thiazole rings is 1. The van der Waals surface area contributed by atoms with E-state index in [0.29, 0.717) is 5.13 Å². The monoisotopic (exact) mass is 358 g/mol. The summed E-state index contributed by atoms with van der Waals surface area (Å²) in [4.78, 5) is 17.8. The van der Waals surface area contributed by atoms with Crippen LogP contribution in [0.2, 0.25) is 0 Å². The fourth-order valence-electron chi connectivity index (χ4n) is 3.26. The molecule has 3 nitrogen and oxygen atoms in total. The summed E-state index contributed by atoms with van der Waals surface area (Å²) >= 11 is 1.36. The third kappa shape index (κ3) is 3.02. The molecule has 25 heavy (non-hydrogen) atoms. The molecule has 6 heteroatoms. The van der Waals surface area contributed by atoms with Crippen LogP contribution in [0.15, 0.2) is 48.3 Å². The van der Waals surface area contributed by atoms with Gasteiger partial charge in [-0.05, 0) is 42.5 Å². The number of anilines is 1. The van der Waals surface area contributed by atoms with Crippen molar-refractivity contribution in [2.75, 3.05) is 5.32 Å². The van der Waals surface area contributed by atoms with Crippen molar-refractivity contribution in [3.8, 4) is 10.4 Å². The smallest absolute Gasteiger partial charge is 0.239 e. The topological polar surface area (TPSA) is 42.0 Å². The standard InChI is InChI=1S/C19H16F2N2OS/c20-13-8-4-9-14(21)16(13)18(24)23-19-22-15-10-3-6-11-5-1-2-7-12(11)17(15)25-19/h1-2,4-5,7-9,13,16H,3,6,10H2,(H,22,23,24). The van der Waals surface area contributed by atoms with Crippen LogP contribution in [0.1, 0.15) is 17.7 Å². The Bertz CT molecular complexity index is 887. The first-order valence-electron chi connectivity index (χ1n) is 8.20. The molecule has 2 unspecified atom stereocenters. The van der Waals surface area contributed by atoms with E-state index in [9.17, 15) is 13.6 Å². The van der Waals surface area contributed by atoms with Crippen molar-refractivity contribution in [3.63, 3.8) is 0 Å². The van der Waals surface area contributed by atoms with Gasteiger partial charge in [0.15, 0.2) is 5.13 Å². The Hall–Kier alpha value is -2.34. The van der Waals surface area contributed by atoms with Gasteiger partial charge in [0, 0.05) is 0 Å². The first-order valence-corrected chi connectivity index (χ1v) is 9.02. The average molecular weight is 358 g/mol. The molecular weight excluding hydrogens is 342 g/mol. The number of amides is 1. The van der Waals surface area contributed by atoms with E-state index < -0.39 is 23.8 Å². The molecule has 1 aromatic heterocycles. The molecule has 0 spiro atoms. The molecule has 0 bridgehead atoms. The number of nitrogens with zero attached hydrogens (tertiary/aromatic N) is 1. The van der Waals surface area contributed by atoms with E-state index in [1.807, 2.05) is 12.1 Å². The first-order chi connectivity index (χ1) is 12.1. The van der Waals surface area contributed by atoms with Crippen LogP contribution in [0, 0.1) is 5.92 Å². The summed E-state index contributed by atoms with van der Waals surface area (Å²) in [6, 6.07) is 8.15. The fourth-order valence-corrected chi connectivity index (χ4v) is 4.34. The fraction of sp³-hybridized carbons (Fsp3) is 0.263. The van der Waals surface area contributed by atoms with E-state index in [-0.39, 0.29) is 0 Å². The number of aryl methyl sites for hydroxylation is 2. The Balaban J connectivity index is 1.61. The van der Waals surface area contributed by atoms with E-state index in [2.05, 4.69) is 22.4 Å². The van der Waals surface area contributed by atoms with Crippen molar-refractivity contribution < 1.29 is 13.6 Å². The first kappa shape index (κ1) is 16.1. The number of allylic oxidation sites excluding steroid dienone is 3. The largest absolute Gasteiger partial charge is 0.301 e. The van der Waals surface area contributed by atoms with E-state index in [4.69, 9.17) is 0 Å². The van der Waals surface area contributed by atoms with Gasteiger partial charge in [-0.2, -0.15) is 0 Å². The maximum atomic E-state index is 13.9. The van der Waals surface area contributed by atoms with Gasteiger partial charge in [0.25, 0.3) is 0 Å². The number of carbonyl (C=O) groups is 1. The summed E-state index contributed by atoms with van der Waals surface area (Å²) in [5, 5.41) is 2.98. The molecule has 0 saturated heterocycles. The second kappa shape index (κ2) is 6.52. The lowest BCUT2D eigenvalue weighted by molar-refractivity contribution is -0.120. The van der Waals surface area contributed by atoms with Gasteiger partial charge in [0.1, 0.15) is 17.9 Å². The summed E-state index contributed by atoms with van der Waals surface area (Å²) in [7, 11) is 0. The number of benzene rings is 1. The Morgan fingerprint density at radius 3 is 2.96 bits per heavy atom. The van der Waals surface area contributed by atoms with Crippen molar-refractivity contribution in [1.29, 1.82) is 0 Å². The lowest BCUT2D eigenvalue weighted by Crippen LogP contribution is -2.31. The summed E-state index contributed by atoms with van der Waals surface area (Å²) in [5.74, 6) is -2.92. The summed E-state index contributed by atoms with van der Waals surface area (Å²) in [6.07, 6.45) is 4.72. The predicted octanol–water partition coefficient (Wildman–Crippen LogP) is 4.61. The molecule has 0 fully saturated rings. The van der Waals surface area contributed by atoms with Crippen molar-refractivity contribution in [1.82, 2.24) is 4.98 Å². The van der Waals surface area contributed by atoms with Crippen LogP contribution in [-0.4, -0.2) is 17.1 Å². The Labute approximate surface area is 148 Å². The zero-order valence-corrected chi connectivity index (χ0v) is 14.2. The Morgan fingerprint density at radius 2 is 2.12 bits per heavy atom. The highest BCUT2D eigenvalue weighted by atomic mass is 32.1. The van der Waals surface area contributed by atoms with Crippen LogP contribution >= 0.6 is 11.3 Å². The SMILES string of the molecule is O=C(Nc1nc2c(s1)-c1ccccc1CCC2)C1C(F)=CC=CC1F. The third-order valence-electron chi connectivity index (χ3n) is 4.50. The second-order valence-corrected chi connectivity index (χ2v) is 7.15. The van der Waals surface area contributed by atoms with Gasteiger partial charge in [-0.25, -0.2) is 13.8 Å². The zero-order chi connectivity index (χ0) is 17.4. The minimum atomic E-state index is -1.66. The number of hydrogen-bond donors (Lipinski definition) is 1.